The van der Waals surface area contributed by atoms with Gasteiger partial charge in [-0.2, -0.15) is 0 Å². The molecule has 1 atom stereocenters. The number of rotatable bonds is 6. The van der Waals surface area contributed by atoms with Crippen molar-refractivity contribution in [1.29, 1.82) is 0 Å². The quantitative estimate of drug-likeness (QED) is 0.712. The maximum Gasteiger partial charge on any atom is 0.303 e. The number of aliphatic hydroxyl groups excluding tert-OH is 1. The summed E-state index contributed by atoms with van der Waals surface area (Å²) < 4.78 is 0. The van der Waals surface area contributed by atoms with E-state index in [1.807, 2.05) is 21.0 Å². The number of nitrogens with zero attached hydrogens (tertiary/aromatic N) is 1. The summed E-state index contributed by atoms with van der Waals surface area (Å²) in [5.74, 6) is -0.698. The van der Waals surface area contributed by atoms with Crippen LogP contribution in [-0.2, 0) is 4.79 Å². The van der Waals surface area contributed by atoms with Crippen molar-refractivity contribution < 1.29 is 15.0 Å². The Balaban J connectivity index is 0. The Bertz CT molecular complexity index is 147. The van der Waals surface area contributed by atoms with E-state index in [1.165, 1.54) is 0 Å². The molecule has 4 nitrogen and oxygen atoms in total. The normalized spacial score (nSPS) is 11.9. The minimum Gasteiger partial charge on any atom is -0.481 e. The molecule has 0 saturated heterocycles. The molecule has 15 heavy (non-hydrogen) atoms. The van der Waals surface area contributed by atoms with Gasteiger partial charge in [-0.3, -0.25) is 4.79 Å². The van der Waals surface area contributed by atoms with Gasteiger partial charge in [-0.15, -0.1) is 0 Å². The van der Waals surface area contributed by atoms with Gasteiger partial charge in [-0.05, 0) is 40.3 Å². The topological polar surface area (TPSA) is 60.8 Å². The standard InChI is InChI=1S/C8H17NO2.C3H8O/c1-7(9(2)3)5-4-6-8(10)11;1-2-3-4/h7H,4-6H2,1-3H3,(H,10,11);4H,2-3H2,1H3. The monoisotopic (exact) mass is 219 g/mol. The average molecular weight is 219 g/mol. The minimum atomic E-state index is -0.698. The third kappa shape index (κ3) is 16.1. The van der Waals surface area contributed by atoms with Crippen molar-refractivity contribution in [2.24, 2.45) is 0 Å². The Labute approximate surface area is 92.9 Å². The molecule has 0 fully saturated rings. The number of carboxylic acids is 1. The highest BCUT2D eigenvalue weighted by molar-refractivity contribution is 5.66. The van der Waals surface area contributed by atoms with Crippen molar-refractivity contribution >= 4 is 5.97 Å². The lowest BCUT2D eigenvalue weighted by Gasteiger charge is -2.18. The van der Waals surface area contributed by atoms with E-state index in [9.17, 15) is 4.79 Å². The van der Waals surface area contributed by atoms with Gasteiger partial charge >= 0.3 is 5.97 Å². The van der Waals surface area contributed by atoms with Crippen LogP contribution in [-0.4, -0.2) is 47.8 Å². The van der Waals surface area contributed by atoms with Gasteiger partial charge in [0.2, 0.25) is 0 Å². The third-order valence-corrected chi connectivity index (χ3v) is 2.12. The van der Waals surface area contributed by atoms with Crippen LogP contribution in [0.2, 0.25) is 0 Å². The Hall–Kier alpha value is -0.610. The van der Waals surface area contributed by atoms with Crippen LogP contribution in [0.3, 0.4) is 0 Å². The second kappa shape index (κ2) is 11.5. The molecule has 0 aliphatic carbocycles. The molecule has 0 saturated carbocycles. The van der Waals surface area contributed by atoms with Crippen LogP contribution in [0.1, 0.15) is 39.5 Å². The molecule has 0 aromatic heterocycles. The maximum absolute atomic E-state index is 10.1. The number of carbonyl (C=O) groups is 1. The summed E-state index contributed by atoms with van der Waals surface area (Å²) >= 11 is 0. The van der Waals surface area contributed by atoms with E-state index >= 15 is 0 Å². The molecular weight excluding hydrogens is 194 g/mol. The highest BCUT2D eigenvalue weighted by atomic mass is 16.4. The van der Waals surface area contributed by atoms with Crippen LogP contribution in [0.4, 0.5) is 0 Å². The van der Waals surface area contributed by atoms with E-state index in [0.29, 0.717) is 12.6 Å². The van der Waals surface area contributed by atoms with E-state index in [2.05, 4.69) is 11.8 Å². The Morgan fingerprint density at radius 3 is 2.13 bits per heavy atom. The lowest BCUT2D eigenvalue weighted by molar-refractivity contribution is -0.137. The van der Waals surface area contributed by atoms with E-state index in [4.69, 9.17) is 10.2 Å². The van der Waals surface area contributed by atoms with Gasteiger partial charge < -0.3 is 15.1 Å². The predicted octanol–water partition coefficient (Wildman–Crippen LogP) is 1.58. The zero-order valence-corrected chi connectivity index (χ0v) is 10.4. The van der Waals surface area contributed by atoms with E-state index in [-0.39, 0.29) is 6.42 Å². The molecule has 2 N–H and O–H groups in total. The van der Waals surface area contributed by atoms with E-state index in [1.54, 1.807) is 0 Å². The second-order valence-electron chi connectivity index (χ2n) is 3.82. The number of hydrogen-bond donors (Lipinski definition) is 2. The van der Waals surface area contributed by atoms with Gasteiger partial charge in [-0.25, -0.2) is 0 Å². The number of aliphatic hydroxyl groups is 1. The fourth-order valence-corrected chi connectivity index (χ4v) is 0.807. The van der Waals surface area contributed by atoms with Gasteiger partial charge in [-0.1, -0.05) is 6.92 Å². The van der Waals surface area contributed by atoms with Gasteiger partial charge in [0.1, 0.15) is 0 Å². The molecule has 0 rings (SSSR count). The van der Waals surface area contributed by atoms with Crippen molar-refractivity contribution in [2.75, 3.05) is 20.7 Å². The van der Waals surface area contributed by atoms with Crippen LogP contribution in [0, 0.1) is 0 Å². The summed E-state index contributed by atoms with van der Waals surface area (Å²) in [4.78, 5) is 12.2. The highest BCUT2D eigenvalue weighted by Gasteiger charge is 2.04. The van der Waals surface area contributed by atoms with Crippen LogP contribution in [0.25, 0.3) is 0 Å². The summed E-state index contributed by atoms with van der Waals surface area (Å²) in [5, 5.41) is 16.2. The minimum absolute atomic E-state index is 0.290. The van der Waals surface area contributed by atoms with E-state index < -0.39 is 5.97 Å². The molecule has 0 aliphatic rings. The summed E-state index contributed by atoms with van der Waals surface area (Å²) in [6.45, 7) is 4.35. The molecule has 0 aromatic rings. The molecule has 0 heterocycles. The molecule has 0 aromatic carbocycles. The summed E-state index contributed by atoms with van der Waals surface area (Å²) in [5.41, 5.74) is 0. The molecule has 0 aliphatic heterocycles. The molecule has 4 heteroatoms. The number of aliphatic carboxylic acids is 1. The smallest absolute Gasteiger partial charge is 0.303 e. The largest absolute Gasteiger partial charge is 0.481 e. The van der Waals surface area contributed by atoms with Crippen LogP contribution in [0.5, 0.6) is 0 Å². The first-order valence-electron chi connectivity index (χ1n) is 5.44. The Morgan fingerprint density at radius 2 is 1.87 bits per heavy atom. The highest BCUT2D eigenvalue weighted by Crippen LogP contribution is 2.04. The first-order valence-corrected chi connectivity index (χ1v) is 5.44. The van der Waals surface area contributed by atoms with Crippen molar-refractivity contribution in [3.63, 3.8) is 0 Å². The fraction of sp³-hybridized carbons (Fsp3) is 0.909. The summed E-state index contributed by atoms with van der Waals surface area (Å²) in [6.07, 6.45) is 2.90. The first kappa shape index (κ1) is 16.8. The van der Waals surface area contributed by atoms with Crippen molar-refractivity contribution in [3.05, 3.63) is 0 Å². The first-order chi connectivity index (χ1) is 6.95. The van der Waals surface area contributed by atoms with E-state index in [0.717, 1.165) is 19.3 Å². The maximum atomic E-state index is 10.1. The zero-order valence-electron chi connectivity index (χ0n) is 10.4. The van der Waals surface area contributed by atoms with Crippen molar-refractivity contribution in [1.82, 2.24) is 4.90 Å². The molecule has 1 unspecified atom stereocenters. The van der Waals surface area contributed by atoms with Gasteiger partial charge in [0.25, 0.3) is 0 Å². The second-order valence-corrected chi connectivity index (χ2v) is 3.82. The fourth-order valence-electron chi connectivity index (χ4n) is 0.807. The van der Waals surface area contributed by atoms with Crippen LogP contribution in [0.15, 0.2) is 0 Å². The van der Waals surface area contributed by atoms with Gasteiger partial charge in [0.15, 0.2) is 0 Å². The predicted molar refractivity (Wildman–Crippen MR) is 62.0 cm³/mol. The SMILES string of the molecule is CC(CCCC(=O)O)N(C)C.CCCO. The number of hydrogen-bond acceptors (Lipinski definition) is 3. The number of carboxylic acid groups (broad SMARTS) is 1. The van der Waals surface area contributed by atoms with Crippen molar-refractivity contribution in [3.8, 4) is 0 Å². The molecule has 0 radical (unpaired) electrons. The van der Waals surface area contributed by atoms with Crippen LogP contribution < -0.4 is 0 Å². The Morgan fingerprint density at radius 1 is 1.40 bits per heavy atom. The van der Waals surface area contributed by atoms with Crippen molar-refractivity contribution in [2.45, 2.75) is 45.6 Å². The van der Waals surface area contributed by atoms with Gasteiger partial charge in [0, 0.05) is 19.1 Å². The molecule has 0 spiro atoms. The lowest BCUT2D eigenvalue weighted by atomic mass is 10.1. The lowest BCUT2D eigenvalue weighted by Crippen LogP contribution is -2.24. The van der Waals surface area contributed by atoms with Gasteiger partial charge in [0.05, 0.1) is 0 Å². The average Bonchev–Trinajstić information content (AvgIpc) is 2.17. The third-order valence-electron chi connectivity index (χ3n) is 2.12. The van der Waals surface area contributed by atoms with Crippen LogP contribution >= 0.6 is 0 Å². The molecule has 92 valence electrons. The molecular formula is C11H25NO3. The zero-order chi connectivity index (χ0) is 12.3. The molecule has 0 bridgehead atoms. The summed E-state index contributed by atoms with van der Waals surface area (Å²) in [6, 6.07) is 0.481. The molecule has 0 amide bonds. The summed E-state index contributed by atoms with van der Waals surface area (Å²) in [7, 11) is 4.01. The Kier molecular flexibility index (Phi) is 12.8.